The number of halogens is 1. The van der Waals surface area contributed by atoms with Gasteiger partial charge in [-0.05, 0) is 58.8 Å². The van der Waals surface area contributed by atoms with Gasteiger partial charge >= 0.3 is 0 Å². The van der Waals surface area contributed by atoms with Crippen molar-refractivity contribution in [3.8, 4) is 0 Å². The maximum atomic E-state index is 13.8. The SMILES string of the molecule is CCNC(=NCC(C)(C)N1CCCCC1)NCCS(=O)(=O)c1ccccc1F. The van der Waals surface area contributed by atoms with E-state index in [-0.39, 0.29) is 22.7 Å². The number of hydrogen-bond acceptors (Lipinski definition) is 4. The Hall–Kier alpha value is -1.67. The molecule has 1 aromatic rings. The molecule has 28 heavy (non-hydrogen) atoms. The molecule has 0 saturated carbocycles. The molecule has 0 spiro atoms. The smallest absolute Gasteiger partial charge is 0.191 e. The molecule has 0 unspecified atom stereocenters. The Bertz CT molecular complexity index is 759. The lowest BCUT2D eigenvalue weighted by Gasteiger charge is -2.40. The Morgan fingerprint density at radius 2 is 1.86 bits per heavy atom. The van der Waals surface area contributed by atoms with Gasteiger partial charge in [0, 0.05) is 18.6 Å². The third-order valence-corrected chi connectivity index (χ3v) is 6.76. The van der Waals surface area contributed by atoms with E-state index in [1.54, 1.807) is 0 Å². The fraction of sp³-hybridized carbons (Fsp3) is 0.650. The van der Waals surface area contributed by atoms with Crippen LogP contribution in [0.4, 0.5) is 4.39 Å². The predicted octanol–water partition coefficient (Wildman–Crippen LogP) is 2.42. The molecule has 0 bridgehead atoms. The first-order chi connectivity index (χ1) is 13.3. The Kier molecular flexibility index (Phi) is 8.24. The Morgan fingerprint density at radius 1 is 1.18 bits per heavy atom. The Labute approximate surface area is 168 Å². The highest BCUT2D eigenvalue weighted by Gasteiger charge is 2.27. The largest absolute Gasteiger partial charge is 0.357 e. The van der Waals surface area contributed by atoms with Crippen LogP contribution in [0, 0.1) is 5.82 Å². The van der Waals surface area contributed by atoms with Crippen LogP contribution in [0.15, 0.2) is 34.2 Å². The summed E-state index contributed by atoms with van der Waals surface area (Å²) in [5.74, 6) is -0.337. The summed E-state index contributed by atoms with van der Waals surface area (Å²) < 4.78 is 38.5. The van der Waals surface area contributed by atoms with Gasteiger partial charge < -0.3 is 10.6 Å². The minimum atomic E-state index is -3.69. The normalized spacial score (nSPS) is 16.8. The second-order valence-corrected chi connectivity index (χ2v) is 9.81. The zero-order chi connectivity index (χ0) is 20.6. The fourth-order valence-corrected chi connectivity index (χ4v) is 4.57. The molecule has 0 aliphatic carbocycles. The van der Waals surface area contributed by atoms with E-state index in [1.165, 1.54) is 37.5 Å². The summed E-state index contributed by atoms with van der Waals surface area (Å²) in [7, 11) is -3.69. The molecule has 0 radical (unpaired) electrons. The van der Waals surface area contributed by atoms with Gasteiger partial charge in [-0.3, -0.25) is 9.89 Å². The van der Waals surface area contributed by atoms with E-state index in [4.69, 9.17) is 0 Å². The standard InChI is InChI=1S/C20H33FN4O2S/c1-4-22-19(24-16-20(2,3)25-13-8-5-9-14-25)23-12-15-28(26,27)18-11-7-6-10-17(18)21/h6-7,10-11H,4-5,8-9,12-16H2,1-3H3,(H2,22,23,24). The average molecular weight is 413 g/mol. The fourth-order valence-electron chi connectivity index (χ4n) is 3.32. The summed E-state index contributed by atoms with van der Waals surface area (Å²) >= 11 is 0. The minimum absolute atomic E-state index is 0.0536. The molecule has 0 aromatic heterocycles. The van der Waals surface area contributed by atoms with Gasteiger partial charge in [0.1, 0.15) is 10.7 Å². The van der Waals surface area contributed by atoms with Gasteiger partial charge in [-0.1, -0.05) is 18.6 Å². The van der Waals surface area contributed by atoms with E-state index < -0.39 is 15.7 Å². The molecule has 1 heterocycles. The van der Waals surface area contributed by atoms with Gasteiger partial charge in [0.05, 0.1) is 12.3 Å². The number of hydrogen-bond donors (Lipinski definition) is 2. The summed E-state index contributed by atoms with van der Waals surface area (Å²) in [6.45, 7) is 9.97. The average Bonchev–Trinajstić information content (AvgIpc) is 2.67. The van der Waals surface area contributed by atoms with Crippen molar-refractivity contribution in [2.75, 3.05) is 38.5 Å². The molecular formula is C20H33FN4O2S. The third-order valence-electron chi connectivity index (χ3n) is 5.02. The zero-order valence-corrected chi connectivity index (χ0v) is 18.0. The number of nitrogens with one attached hydrogen (secondary N) is 2. The monoisotopic (exact) mass is 412 g/mol. The van der Waals surface area contributed by atoms with Crippen LogP contribution >= 0.6 is 0 Å². The van der Waals surface area contributed by atoms with Crippen molar-refractivity contribution in [2.24, 2.45) is 4.99 Å². The van der Waals surface area contributed by atoms with Crippen molar-refractivity contribution in [2.45, 2.75) is 50.5 Å². The number of benzene rings is 1. The number of nitrogens with zero attached hydrogens (tertiary/aromatic N) is 2. The van der Waals surface area contributed by atoms with Crippen molar-refractivity contribution < 1.29 is 12.8 Å². The van der Waals surface area contributed by atoms with E-state index in [0.717, 1.165) is 19.2 Å². The van der Waals surface area contributed by atoms with Crippen LogP contribution in [-0.4, -0.2) is 63.3 Å². The number of piperidine rings is 1. The molecule has 0 atom stereocenters. The molecule has 2 N–H and O–H groups in total. The predicted molar refractivity (Wildman–Crippen MR) is 112 cm³/mol. The molecule has 0 amide bonds. The van der Waals surface area contributed by atoms with Crippen LogP contribution < -0.4 is 10.6 Å². The number of rotatable bonds is 8. The summed E-state index contributed by atoms with van der Waals surface area (Å²) in [6.07, 6.45) is 3.73. The number of aliphatic imine (C=N–C) groups is 1. The van der Waals surface area contributed by atoms with Gasteiger partial charge in [0.15, 0.2) is 15.8 Å². The summed E-state index contributed by atoms with van der Waals surface area (Å²) in [4.78, 5) is 6.86. The van der Waals surface area contributed by atoms with Crippen LogP contribution in [0.5, 0.6) is 0 Å². The molecule has 1 aliphatic rings. The van der Waals surface area contributed by atoms with Gasteiger partial charge in [0.2, 0.25) is 0 Å². The molecular weight excluding hydrogens is 379 g/mol. The van der Waals surface area contributed by atoms with Crippen molar-refractivity contribution in [1.29, 1.82) is 0 Å². The first kappa shape index (κ1) is 22.6. The summed E-state index contributed by atoms with van der Waals surface area (Å²) in [5, 5.41) is 6.21. The zero-order valence-electron chi connectivity index (χ0n) is 17.2. The molecule has 8 heteroatoms. The van der Waals surface area contributed by atoms with Crippen molar-refractivity contribution >= 4 is 15.8 Å². The maximum absolute atomic E-state index is 13.8. The molecule has 1 saturated heterocycles. The van der Waals surface area contributed by atoms with E-state index in [0.29, 0.717) is 19.0 Å². The number of likely N-dealkylation sites (tertiary alicyclic amines) is 1. The number of guanidine groups is 1. The molecule has 158 valence electrons. The Balaban J connectivity index is 1.95. The lowest BCUT2D eigenvalue weighted by Crippen LogP contribution is -2.49. The van der Waals surface area contributed by atoms with Crippen LogP contribution in [0.25, 0.3) is 0 Å². The van der Waals surface area contributed by atoms with Crippen molar-refractivity contribution in [1.82, 2.24) is 15.5 Å². The van der Waals surface area contributed by atoms with E-state index in [9.17, 15) is 12.8 Å². The second kappa shape index (κ2) is 10.2. The van der Waals surface area contributed by atoms with Crippen molar-refractivity contribution in [3.05, 3.63) is 30.1 Å². The second-order valence-electron chi connectivity index (χ2n) is 7.73. The summed E-state index contributed by atoms with van der Waals surface area (Å²) in [5.41, 5.74) is -0.0536. The Morgan fingerprint density at radius 3 is 2.50 bits per heavy atom. The maximum Gasteiger partial charge on any atom is 0.191 e. The highest BCUT2D eigenvalue weighted by atomic mass is 32.2. The highest BCUT2D eigenvalue weighted by Crippen LogP contribution is 2.20. The van der Waals surface area contributed by atoms with Crippen LogP contribution in [0.1, 0.15) is 40.0 Å². The quantitative estimate of drug-likeness (QED) is 0.507. The molecule has 1 fully saturated rings. The van der Waals surface area contributed by atoms with Crippen LogP contribution in [-0.2, 0) is 9.84 Å². The van der Waals surface area contributed by atoms with Crippen molar-refractivity contribution in [3.63, 3.8) is 0 Å². The van der Waals surface area contributed by atoms with E-state index in [2.05, 4.69) is 34.4 Å². The summed E-state index contributed by atoms with van der Waals surface area (Å²) in [6, 6.07) is 5.46. The van der Waals surface area contributed by atoms with Gasteiger partial charge in [0.25, 0.3) is 0 Å². The van der Waals surface area contributed by atoms with E-state index in [1.807, 2.05) is 6.92 Å². The topological polar surface area (TPSA) is 73.8 Å². The first-order valence-corrected chi connectivity index (χ1v) is 11.7. The number of sulfone groups is 1. The lowest BCUT2D eigenvalue weighted by atomic mass is 9.99. The van der Waals surface area contributed by atoms with Crippen LogP contribution in [0.2, 0.25) is 0 Å². The molecule has 6 nitrogen and oxygen atoms in total. The van der Waals surface area contributed by atoms with Gasteiger partial charge in [-0.15, -0.1) is 0 Å². The van der Waals surface area contributed by atoms with E-state index >= 15 is 0 Å². The van der Waals surface area contributed by atoms with Gasteiger partial charge in [-0.25, -0.2) is 12.8 Å². The lowest BCUT2D eigenvalue weighted by molar-refractivity contribution is 0.102. The molecule has 2 rings (SSSR count). The van der Waals surface area contributed by atoms with Crippen LogP contribution in [0.3, 0.4) is 0 Å². The third kappa shape index (κ3) is 6.44. The van der Waals surface area contributed by atoms with Gasteiger partial charge in [-0.2, -0.15) is 0 Å². The highest BCUT2D eigenvalue weighted by molar-refractivity contribution is 7.91. The molecule has 1 aliphatic heterocycles. The first-order valence-electron chi connectivity index (χ1n) is 10.0. The molecule has 1 aromatic carbocycles. The minimum Gasteiger partial charge on any atom is -0.357 e.